The third kappa shape index (κ3) is 23.3. The van der Waals surface area contributed by atoms with Crippen molar-refractivity contribution >= 4 is 23.1 Å². The summed E-state index contributed by atoms with van der Waals surface area (Å²) in [6, 6.07) is 0. The largest absolute Gasteiger partial charge is 0.300 e. The Morgan fingerprint density at radius 2 is 0.625 bits per heavy atom. The Morgan fingerprint density at radius 1 is 0.375 bits per heavy atom. The Balaban J connectivity index is 3.34. The Hall–Kier alpha value is -1.32. The minimum absolute atomic E-state index is 0.195. The van der Waals surface area contributed by atoms with E-state index in [2.05, 4.69) is 6.92 Å². The predicted octanol–water partition coefficient (Wildman–Crippen LogP) is 7.88. The Bertz CT molecular complexity index is 510. The van der Waals surface area contributed by atoms with Crippen molar-refractivity contribution in [3.05, 3.63) is 0 Å². The molecule has 0 aliphatic rings. The van der Waals surface area contributed by atoms with Gasteiger partial charge in [0.15, 0.2) is 0 Å². The monoisotopic (exact) mass is 450 g/mol. The van der Waals surface area contributed by atoms with E-state index in [-0.39, 0.29) is 5.78 Å². The van der Waals surface area contributed by atoms with Crippen molar-refractivity contribution in [3.8, 4) is 0 Å². The lowest BCUT2D eigenvalue weighted by Gasteiger charge is -2.04. The standard InChI is InChI=1S/C28H50O4/c1-3-4-19-26(30)20-12-9-7-5-6-8-10-13-21-27(31)22-14-11-15-23-28(32)24-17-16-18-25(2)29/h3-24H2,1-2H3. The summed E-state index contributed by atoms with van der Waals surface area (Å²) >= 11 is 0. The van der Waals surface area contributed by atoms with Gasteiger partial charge in [0.2, 0.25) is 0 Å². The smallest absolute Gasteiger partial charge is 0.132 e. The van der Waals surface area contributed by atoms with E-state index in [9.17, 15) is 19.2 Å². The highest BCUT2D eigenvalue weighted by atomic mass is 16.1. The van der Waals surface area contributed by atoms with Crippen LogP contribution in [0.1, 0.15) is 155 Å². The Kier molecular flexibility index (Phi) is 21.9. The maximum Gasteiger partial charge on any atom is 0.132 e. The zero-order valence-corrected chi connectivity index (χ0v) is 21.2. The van der Waals surface area contributed by atoms with E-state index in [0.717, 1.165) is 77.0 Å². The zero-order chi connectivity index (χ0) is 23.9. The summed E-state index contributed by atoms with van der Waals surface area (Å²) in [6.45, 7) is 3.72. The molecule has 0 bridgehead atoms. The summed E-state index contributed by atoms with van der Waals surface area (Å²) < 4.78 is 0. The third-order valence-corrected chi connectivity index (χ3v) is 6.12. The fourth-order valence-corrected chi connectivity index (χ4v) is 3.97. The van der Waals surface area contributed by atoms with Crippen LogP contribution in [0.3, 0.4) is 0 Å². The van der Waals surface area contributed by atoms with Crippen LogP contribution in [-0.2, 0) is 19.2 Å². The number of carbonyl (C=O) groups is 4. The van der Waals surface area contributed by atoms with Gasteiger partial charge >= 0.3 is 0 Å². The first-order chi connectivity index (χ1) is 15.5. The molecule has 0 saturated carbocycles. The van der Waals surface area contributed by atoms with Gasteiger partial charge in [-0.1, -0.05) is 58.3 Å². The first-order valence-corrected chi connectivity index (χ1v) is 13.5. The molecule has 0 rings (SSSR count). The maximum atomic E-state index is 12.0. The molecule has 0 heterocycles. The lowest BCUT2D eigenvalue weighted by atomic mass is 10.0. The molecule has 0 aliphatic carbocycles. The number of hydrogen-bond donors (Lipinski definition) is 0. The van der Waals surface area contributed by atoms with E-state index >= 15 is 0 Å². The summed E-state index contributed by atoms with van der Waals surface area (Å²) in [6.07, 6.45) is 20.4. The van der Waals surface area contributed by atoms with Gasteiger partial charge in [-0.25, -0.2) is 0 Å². The molecule has 0 fully saturated rings. The van der Waals surface area contributed by atoms with Gasteiger partial charge in [-0.2, -0.15) is 0 Å². The predicted molar refractivity (Wildman–Crippen MR) is 133 cm³/mol. The zero-order valence-electron chi connectivity index (χ0n) is 21.2. The Labute approximate surface area is 197 Å². The van der Waals surface area contributed by atoms with Gasteiger partial charge in [0, 0.05) is 44.9 Å². The lowest BCUT2D eigenvalue weighted by Crippen LogP contribution is -2.00. The summed E-state index contributed by atoms with van der Waals surface area (Å²) in [5.41, 5.74) is 0. The number of ketones is 4. The minimum atomic E-state index is 0.195. The molecule has 0 aromatic carbocycles. The van der Waals surface area contributed by atoms with Gasteiger partial charge in [0.25, 0.3) is 0 Å². The van der Waals surface area contributed by atoms with E-state index < -0.39 is 0 Å². The molecule has 32 heavy (non-hydrogen) atoms. The van der Waals surface area contributed by atoms with E-state index in [0.29, 0.717) is 49.5 Å². The molecular weight excluding hydrogens is 400 g/mol. The number of hydrogen-bond acceptors (Lipinski definition) is 4. The minimum Gasteiger partial charge on any atom is -0.300 e. The topological polar surface area (TPSA) is 68.3 Å². The molecule has 4 heteroatoms. The van der Waals surface area contributed by atoms with Gasteiger partial charge in [0.05, 0.1) is 0 Å². The Morgan fingerprint density at radius 3 is 0.969 bits per heavy atom. The van der Waals surface area contributed by atoms with Crippen LogP contribution in [0.5, 0.6) is 0 Å². The fraction of sp³-hybridized carbons (Fsp3) is 0.857. The van der Waals surface area contributed by atoms with Crippen molar-refractivity contribution < 1.29 is 19.2 Å². The normalized spacial score (nSPS) is 10.9. The summed E-state index contributed by atoms with van der Waals surface area (Å²) in [4.78, 5) is 46.2. The molecule has 0 radical (unpaired) electrons. The van der Waals surface area contributed by atoms with E-state index in [1.807, 2.05) is 0 Å². The average molecular weight is 451 g/mol. The van der Waals surface area contributed by atoms with Crippen LogP contribution in [0.4, 0.5) is 0 Å². The van der Waals surface area contributed by atoms with Crippen LogP contribution in [0.25, 0.3) is 0 Å². The highest BCUT2D eigenvalue weighted by Gasteiger charge is 2.05. The van der Waals surface area contributed by atoms with Crippen molar-refractivity contribution in [2.45, 2.75) is 155 Å². The second-order valence-electron chi connectivity index (χ2n) is 9.52. The maximum absolute atomic E-state index is 12.0. The molecule has 0 unspecified atom stereocenters. The SMILES string of the molecule is CCCCC(=O)CCCCCCCCCCC(=O)CCCCCC(=O)CCCCC(C)=O. The van der Waals surface area contributed by atoms with Crippen LogP contribution in [-0.4, -0.2) is 23.1 Å². The van der Waals surface area contributed by atoms with Crippen molar-refractivity contribution in [3.63, 3.8) is 0 Å². The van der Waals surface area contributed by atoms with Crippen molar-refractivity contribution in [2.75, 3.05) is 0 Å². The van der Waals surface area contributed by atoms with Crippen molar-refractivity contribution in [1.82, 2.24) is 0 Å². The quantitative estimate of drug-likeness (QED) is 0.133. The average Bonchev–Trinajstić information content (AvgIpc) is 2.76. The molecule has 0 spiro atoms. The van der Waals surface area contributed by atoms with Crippen LogP contribution in [0, 0.1) is 0 Å². The molecular formula is C28H50O4. The molecule has 0 aromatic rings. The summed E-state index contributed by atoms with van der Waals surface area (Å²) in [5, 5.41) is 0. The number of Topliss-reactive ketones (excluding diaryl/α,β-unsaturated/α-hetero) is 4. The van der Waals surface area contributed by atoms with Gasteiger partial charge in [-0.05, 0) is 51.9 Å². The van der Waals surface area contributed by atoms with Crippen LogP contribution < -0.4 is 0 Å². The molecule has 186 valence electrons. The van der Waals surface area contributed by atoms with Gasteiger partial charge in [-0.15, -0.1) is 0 Å². The molecule has 0 atom stereocenters. The van der Waals surface area contributed by atoms with Gasteiger partial charge in [-0.3, -0.25) is 14.4 Å². The highest BCUT2D eigenvalue weighted by molar-refractivity contribution is 5.79. The molecule has 0 amide bonds. The van der Waals surface area contributed by atoms with Gasteiger partial charge < -0.3 is 4.79 Å². The first kappa shape index (κ1) is 30.7. The summed E-state index contributed by atoms with van der Waals surface area (Å²) in [7, 11) is 0. The second-order valence-corrected chi connectivity index (χ2v) is 9.52. The van der Waals surface area contributed by atoms with E-state index in [1.54, 1.807) is 6.92 Å². The molecule has 4 nitrogen and oxygen atoms in total. The molecule has 0 saturated heterocycles. The van der Waals surface area contributed by atoms with Crippen molar-refractivity contribution in [1.29, 1.82) is 0 Å². The van der Waals surface area contributed by atoms with E-state index in [1.165, 1.54) is 32.1 Å². The molecule has 0 N–H and O–H groups in total. The second kappa shape index (κ2) is 22.9. The number of unbranched alkanes of at least 4 members (excludes halogenated alkanes) is 11. The first-order valence-electron chi connectivity index (χ1n) is 13.5. The summed E-state index contributed by atoms with van der Waals surface area (Å²) in [5.74, 6) is 1.29. The van der Waals surface area contributed by atoms with Crippen LogP contribution >= 0.6 is 0 Å². The molecule has 0 aromatic heterocycles. The van der Waals surface area contributed by atoms with E-state index in [4.69, 9.17) is 0 Å². The number of carbonyl (C=O) groups excluding carboxylic acids is 4. The highest BCUT2D eigenvalue weighted by Crippen LogP contribution is 2.13. The van der Waals surface area contributed by atoms with Crippen LogP contribution in [0.15, 0.2) is 0 Å². The number of rotatable bonds is 25. The fourth-order valence-electron chi connectivity index (χ4n) is 3.97. The molecule has 0 aliphatic heterocycles. The third-order valence-electron chi connectivity index (χ3n) is 6.12. The lowest BCUT2D eigenvalue weighted by molar-refractivity contribution is -0.120. The van der Waals surface area contributed by atoms with Crippen molar-refractivity contribution in [2.24, 2.45) is 0 Å². The van der Waals surface area contributed by atoms with Gasteiger partial charge in [0.1, 0.15) is 23.1 Å². The van der Waals surface area contributed by atoms with Crippen LogP contribution in [0.2, 0.25) is 0 Å².